The van der Waals surface area contributed by atoms with Gasteiger partial charge in [0.15, 0.2) is 5.54 Å². The van der Waals surface area contributed by atoms with Crippen molar-refractivity contribution in [3.05, 3.63) is 93.4 Å². The Bertz CT molecular complexity index is 1440. The molecule has 1 aliphatic heterocycles. The van der Waals surface area contributed by atoms with Gasteiger partial charge in [0, 0.05) is 17.1 Å². The number of carbonyl (C=O) groups is 2. The van der Waals surface area contributed by atoms with Crippen LogP contribution in [0.25, 0.3) is 10.2 Å². The Morgan fingerprint density at radius 1 is 1.00 bits per heavy atom. The van der Waals surface area contributed by atoms with Crippen LogP contribution in [0.3, 0.4) is 0 Å². The SMILES string of the molecule is O=C1c2cc3sccc3n2CC(C(=O)NC2CCCCCC2)(c2ccccc2)N1Cc1cccc(Br)c1. The normalized spacial score (nSPS) is 20.6. The molecule has 2 aromatic heterocycles. The number of benzene rings is 2. The minimum absolute atomic E-state index is 0.0864. The maximum atomic E-state index is 14.6. The lowest BCUT2D eigenvalue weighted by Crippen LogP contribution is -2.63. The number of hydrogen-bond donors (Lipinski definition) is 1. The number of hydrogen-bond acceptors (Lipinski definition) is 3. The van der Waals surface area contributed by atoms with Crippen LogP contribution in [0.15, 0.2) is 76.6 Å². The largest absolute Gasteiger partial charge is 0.351 e. The Hall–Kier alpha value is -2.90. The number of fused-ring (bicyclic) bond motifs is 3. The van der Waals surface area contributed by atoms with Gasteiger partial charge in [-0.25, -0.2) is 0 Å². The summed E-state index contributed by atoms with van der Waals surface area (Å²) in [6, 6.07) is 22.0. The maximum Gasteiger partial charge on any atom is 0.272 e. The van der Waals surface area contributed by atoms with Gasteiger partial charge in [-0.05, 0) is 53.6 Å². The van der Waals surface area contributed by atoms with Crippen molar-refractivity contribution in [2.75, 3.05) is 0 Å². The summed E-state index contributed by atoms with van der Waals surface area (Å²) in [6.07, 6.45) is 6.65. The first-order valence-electron chi connectivity index (χ1n) is 13.1. The van der Waals surface area contributed by atoms with Gasteiger partial charge in [-0.1, -0.05) is 84.1 Å². The van der Waals surface area contributed by atoms with Crippen LogP contribution in [-0.4, -0.2) is 27.3 Å². The van der Waals surface area contributed by atoms with E-state index in [0.29, 0.717) is 18.8 Å². The van der Waals surface area contributed by atoms with Crippen molar-refractivity contribution in [2.24, 2.45) is 0 Å². The molecule has 37 heavy (non-hydrogen) atoms. The third-order valence-electron chi connectivity index (χ3n) is 7.88. The number of rotatable bonds is 5. The molecule has 1 unspecified atom stereocenters. The molecule has 1 N–H and O–H groups in total. The second kappa shape index (κ2) is 10.1. The highest BCUT2D eigenvalue weighted by Gasteiger charge is 2.52. The van der Waals surface area contributed by atoms with Crippen molar-refractivity contribution in [1.82, 2.24) is 14.8 Å². The molecular formula is C30H30BrN3O2S. The first-order valence-corrected chi connectivity index (χ1v) is 14.7. The predicted molar refractivity (Wildman–Crippen MR) is 152 cm³/mol. The molecule has 5 nitrogen and oxygen atoms in total. The van der Waals surface area contributed by atoms with Gasteiger partial charge in [-0.2, -0.15) is 0 Å². The summed E-state index contributed by atoms with van der Waals surface area (Å²) in [4.78, 5) is 30.7. The van der Waals surface area contributed by atoms with Gasteiger partial charge in [0.25, 0.3) is 11.8 Å². The van der Waals surface area contributed by atoms with E-state index in [4.69, 9.17) is 0 Å². The van der Waals surface area contributed by atoms with Crippen LogP contribution < -0.4 is 5.32 Å². The van der Waals surface area contributed by atoms with Crippen LogP contribution in [0.4, 0.5) is 0 Å². The van der Waals surface area contributed by atoms with Crippen LogP contribution in [0.2, 0.25) is 0 Å². The van der Waals surface area contributed by atoms with Gasteiger partial charge in [0.1, 0.15) is 5.69 Å². The maximum absolute atomic E-state index is 14.6. The van der Waals surface area contributed by atoms with Gasteiger partial charge in [0.2, 0.25) is 0 Å². The van der Waals surface area contributed by atoms with Crippen molar-refractivity contribution < 1.29 is 9.59 Å². The zero-order valence-corrected chi connectivity index (χ0v) is 23.1. The molecule has 6 rings (SSSR count). The third kappa shape index (κ3) is 4.42. The Balaban J connectivity index is 1.52. The molecule has 1 saturated carbocycles. The lowest BCUT2D eigenvalue weighted by atomic mass is 9.83. The second-order valence-corrected chi connectivity index (χ2v) is 12.1. The van der Waals surface area contributed by atoms with Crippen LogP contribution >= 0.6 is 27.3 Å². The molecule has 2 aliphatic rings. The second-order valence-electron chi connectivity index (χ2n) is 10.2. The quantitative estimate of drug-likeness (QED) is 0.264. The molecule has 1 fully saturated rings. The smallest absolute Gasteiger partial charge is 0.272 e. The highest BCUT2D eigenvalue weighted by atomic mass is 79.9. The lowest BCUT2D eigenvalue weighted by Gasteiger charge is -2.47. The Morgan fingerprint density at radius 3 is 2.54 bits per heavy atom. The van der Waals surface area contributed by atoms with E-state index in [1.807, 2.05) is 70.9 Å². The van der Waals surface area contributed by atoms with E-state index in [0.717, 1.165) is 51.5 Å². The first-order chi connectivity index (χ1) is 18.1. The fraction of sp³-hybridized carbons (Fsp3) is 0.333. The van der Waals surface area contributed by atoms with Gasteiger partial charge in [0.05, 0.1) is 16.8 Å². The number of thiophene rings is 1. The van der Waals surface area contributed by atoms with Crippen molar-refractivity contribution >= 4 is 49.3 Å². The average molecular weight is 577 g/mol. The van der Waals surface area contributed by atoms with Crippen LogP contribution in [0, 0.1) is 0 Å². The number of carbonyl (C=O) groups excluding carboxylic acids is 2. The van der Waals surface area contributed by atoms with Crippen LogP contribution in [0.1, 0.15) is 60.1 Å². The number of amides is 2. The lowest BCUT2D eigenvalue weighted by molar-refractivity contribution is -0.136. The van der Waals surface area contributed by atoms with E-state index < -0.39 is 5.54 Å². The Labute approximate surface area is 229 Å². The topological polar surface area (TPSA) is 54.3 Å². The monoisotopic (exact) mass is 575 g/mol. The van der Waals surface area contributed by atoms with Gasteiger partial charge in [-0.15, -0.1) is 11.3 Å². The Morgan fingerprint density at radius 2 is 1.78 bits per heavy atom. The zero-order valence-electron chi connectivity index (χ0n) is 20.7. The molecule has 0 bridgehead atoms. The molecule has 0 radical (unpaired) electrons. The van der Waals surface area contributed by atoms with E-state index in [1.54, 1.807) is 11.3 Å². The summed E-state index contributed by atoms with van der Waals surface area (Å²) in [6.45, 7) is 0.717. The predicted octanol–water partition coefficient (Wildman–Crippen LogP) is 6.86. The third-order valence-corrected chi connectivity index (χ3v) is 9.23. The summed E-state index contributed by atoms with van der Waals surface area (Å²) in [5, 5.41) is 5.48. The molecular weight excluding hydrogens is 546 g/mol. The minimum atomic E-state index is -1.17. The van der Waals surface area contributed by atoms with E-state index in [2.05, 4.69) is 31.9 Å². The summed E-state index contributed by atoms with van der Waals surface area (Å²) in [5.41, 5.74) is 2.30. The summed E-state index contributed by atoms with van der Waals surface area (Å²) in [5.74, 6) is -0.203. The molecule has 3 heterocycles. The van der Waals surface area contributed by atoms with Gasteiger partial charge < -0.3 is 14.8 Å². The van der Waals surface area contributed by atoms with Gasteiger partial charge in [-0.3, -0.25) is 9.59 Å². The summed E-state index contributed by atoms with van der Waals surface area (Å²) >= 11 is 5.20. The van der Waals surface area contributed by atoms with E-state index in [9.17, 15) is 9.59 Å². The first kappa shape index (κ1) is 24.4. The summed E-state index contributed by atoms with van der Waals surface area (Å²) < 4.78 is 4.08. The van der Waals surface area contributed by atoms with Crippen molar-refractivity contribution in [1.29, 1.82) is 0 Å². The fourth-order valence-electron chi connectivity index (χ4n) is 5.99. The molecule has 1 atom stereocenters. The van der Waals surface area contributed by atoms with E-state index in [-0.39, 0.29) is 17.9 Å². The fourth-order valence-corrected chi connectivity index (χ4v) is 7.26. The molecule has 2 aromatic carbocycles. The standard InChI is InChI=1S/C30H30BrN3O2S/c31-23-12-8-9-21(17-23)19-34-28(35)26-18-27-25(15-16-37-27)33(26)20-30(34,22-10-4-3-5-11-22)29(36)32-24-13-6-1-2-7-14-24/h3-5,8-12,15-18,24H,1-2,6-7,13-14,19-20H2,(H,32,36). The molecule has 1 aliphatic carbocycles. The van der Waals surface area contributed by atoms with Crippen LogP contribution in [-0.2, 0) is 23.4 Å². The van der Waals surface area contributed by atoms with E-state index in [1.165, 1.54) is 12.8 Å². The van der Waals surface area contributed by atoms with Crippen molar-refractivity contribution in [3.8, 4) is 0 Å². The molecule has 7 heteroatoms. The molecule has 0 spiro atoms. The molecule has 0 saturated heterocycles. The molecule has 190 valence electrons. The average Bonchev–Trinajstić information content (AvgIpc) is 3.40. The number of aromatic nitrogens is 1. The highest BCUT2D eigenvalue weighted by Crippen LogP contribution is 2.41. The van der Waals surface area contributed by atoms with E-state index >= 15 is 0 Å². The van der Waals surface area contributed by atoms with Gasteiger partial charge >= 0.3 is 0 Å². The number of nitrogens with one attached hydrogen (secondary N) is 1. The number of halogens is 1. The highest BCUT2D eigenvalue weighted by molar-refractivity contribution is 9.10. The Kier molecular flexibility index (Phi) is 6.67. The van der Waals surface area contributed by atoms with Crippen molar-refractivity contribution in [3.63, 3.8) is 0 Å². The van der Waals surface area contributed by atoms with Crippen LogP contribution in [0.5, 0.6) is 0 Å². The zero-order chi connectivity index (χ0) is 25.4. The molecule has 2 amide bonds. The van der Waals surface area contributed by atoms with Crippen molar-refractivity contribution in [2.45, 2.75) is 63.2 Å². The summed E-state index contributed by atoms with van der Waals surface area (Å²) in [7, 11) is 0. The number of nitrogens with zero attached hydrogens (tertiary/aromatic N) is 2. The molecule has 4 aromatic rings. The minimum Gasteiger partial charge on any atom is -0.351 e.